The van der Waals surface area contributed by atoms with Crippen LogP contribution in [0.3, 0.4) is 0 Å². The van der Waals surface area contributed by atoms with Crippen molar-refractivity contribution < 1.29 is 5.11 Å². The van der Waals surface area contributed by atoms with Crippen molar-refractivity contribution in [1.82, 2.24) is 0 Å². The number of aliphatic hydroxyl groups excluding tert-OH is 1. The first-order chi connectivity index (χ1) is 3.31. The van der Waals surface area contributed by atoms with Crippen LogP contribution in [0, 0.1) is 0 Å². The fourth-order valence-corrected chi connectivity index (χ4v) is 1.74. The van der Waals surface area contributed by atoms with Gasteiger partial charge >= 0.3 is 0 Å². The van der Waals surface area contributed by atoms with Crippen LogP contribution >= 0.6 is 45.2 Å². The Balaban J connectivity index is 3.29. The zero-order valence-corrected chi connectivity index (χ0v) is 8.01. The number of hydrogen-bond donors (Lipinski definition) is 1. The molecule has 0 atom stereocenters. The molecule has 0 aliphatic heterocycles. The number of aliphatic hydroxyl groups is 1. The predicted octanol–water partition coefficient (Wildman–Crippen LogP) is 1.73. The van der Waals surface area contributed by atoms with Crippen LogP contribution in [0.25, 0.3) is 0 Å². The second kappa shape index (κ2) is 5.30. The third-order valence-corrected chi connectivity index (χ3v) is 1.67. The molecule has 1 nitrogen and oxygen atoms in total. The van der Waals surface area contributed by atoms with Crippen LogP contribution in [-0.2, 0) is 0 Å². The molecule has 0 amide bonds. The maximum atomic E-state index is 8.39. The van der Waals surface area contributed by atoms with Crippen molar-refractivity contribution in [2.45, 2.75) is 0 Å². The van der Waals surface area contributed by atoms with Crippen LogP contribution in [0.15, 0.2) is 9.66 Å². The predicted molar refractivity (Wildman–Crippen MR) is 48.1 cm³/mol. The summed E-state index contributed by atoms with van der Waals surface area (Å²) in [7, 11) is 0. The van der Waals surface area contributed by atoms with Gasteiger partial charge in [-0.3, -0.25) is 0 Å². The summed E-state index contributed by atoms with van der Waals surface area (Å²) in [6.07, 6.45) is 1.99. The summed E-state index contributed by atoms with van der Waals surface area (Å²) in [6.45, 7) is 0.184. The van der Waals surface area contributed by atoms with E-state index in [2.05, 4.69) is 45.2 Å². The molecule has 42 valence electrons. The van der Waals surface area contributed by atoms with E-state index in [1.165, 1.54) is 0 Å². The SMILES string of the molecule is OCC(I)=CCI. The summed E-state index contributed by atoms with van der Waals surface area (Å²) in [5.41, 5.74) is 0. The van der Waals surface area contributed by atoms with Crippen molar-refractivity contribution in [1.29, 1.82) is 0 Å². The quantitative estimate of drug-likeness (QED) is 0.606. The van der Waals surface area contributed by atoms with E-state index >= 15 is 0 Å². The van der Waals surface area contributed by atoms with Gasteiger partial charge < -0.3 is 5.11 Å². The minimum Gasteiger partial charge on any atom is -0.391 e. The summed E-state index contributed by atoms with van der Waals surface area (Å²) in [5, 5.41) is 8.39. The highest BCUT2D eigenvalue weighted by molar-refractivity contribution is 14.1. The second-order valence-corrected chi connectivity index (χ2v) is 3.23. The molecule has 3 heteroatoms. The molecule has 0 aromatic heterocycles. The number of hydrogen-bond acceptors (Lipinski definition) is 1. The first kappa shape index (κ1) is 8.16. The van der Waals surface area contributed by atoms with Gasteiger partial charge in [-0.2, -0.15) is 0 Å². The average molecular weight is 324 g/mol. The fraction of sp³-hybridized carbons (Fsp3) is 0.500. The van der Waals surface area contributed by atoms with Crippen LogP contribution in [0.4, 0.5) is 0 Å². The Hall–Kier alpha value is 1.16. The van der Waals surface area contributed by atoms with E-state index in [9.17, 15) is 0 Å². The zero-order chi connectivity index (χ0) is 5.70. The smallest absolute Gasteiger partial charge is 0.0735 e. The Labute approximate surface area is 70.5 Å². The molecule has 0 spiro atoms. The van der Waals surface area contributed by atoms with Crippen LogP contribution in [0.1, 0.15) is 0 Å². The number of halogens is 2. The van der Waals surface area contributed by atoms with Crippen molar-refractivity contribution in [3.8, 4) is 0 Å². The van der Waals surface area contributed by atoms with E-state index in [4.69, 9.17) is 5.11 Å². The zero-order valence-electron chi connectivity index (χ0n) is 3.69. The van der Waals surface area contributed by atoms with Crippen molar-refractivity contribution in [2.24, 2.45) is 0 Å². The van der Waals surface area contributed by atoms with E-state index in [1.807, 2.05) is 6.08 Å². The van der Waals surface area contributed by atoms with Gasteiger partial charge in [-0.1, -0.05) is 28.7 Å². The van der Waals surface area contributed by atoms with Crippen molar-refractivity contribution in [3.05, 3.63) is 9.66 Å². The summed E-state index contributed by atoms with van der Waals surface area (Å²) in [6, 6.07) is 0. The average Bonchev–Trinajstić information content (AvgIpc) is 1.68. The summed E-state index contributed by atoms with van der Waals surface area (Å²) < 4.78 is 2.00. The number of allylic oxidation sites excluding steroid dienone is 1. The minimum atomic E-state index is 0.184. The van der Waals surface area contributed by atoms with Gasteiger partial charge in [0.25, 0.3) is 0 Å². The Morgan fingerprint density at radius 1 is 1.71 bits per heavy atom. The van der Waals surface area contributed by atoms with Gasteiger partial charge in [-0.15, -0.1) is 0 Å². The summed E-state index contributed by atoms with van der Waals surface area (Å²) in [4.78, 5) is 0. The molecule has 7 heavy (non-hydrogen) atoms. The molecule has 0 unspecified atom stereocenters. The molecule has 0 heterocycles. The minimum absolute atomic E-state index is 0.184. The van der Waals surface area contributed by atoms with Gasteiger partial charge in [0.15, 0.2) is 0 Å². The third-order valence-electron chi connectivity index (χ3n) is 0.450. The molecule has 0 aromatic carbocycles. The van der Waals surface area contributed by atoms with Crippen molar-refractivity contribution in [3.63, 3.8) is 0 Å². The Morgan fingerprint density at radius 2 is 2.29 bits per heavy atom. The molecule has 0 aliphatic rings. The maximum Gasteiger partial charge on any atom is 0.0735 e. The van der Waals surface area contributed by atoms with Crippen LogP contribution in [-0.4, -0.2) is 16.1 Å². The highest BCUT2D eigenvalue weighted by atomic mass is 127. The lowest BCUT2D eigenvalue weighted by molar-refractivity contribution is 0.341. The lowest BCUT2D eigenvalue weighted by Gasteiger charge is -1.85. The second-order valence-electron chi connectivity index (χ2n) is 0.963. The first-order valence-electron chi connectivity index (χ1n) is 1.82. The van der Waals surface area contributed by atoms with E-state index < -0.39 is 0 Å². The van der Waals surface area contributed by atoms with E-state index in [-0.39, 0.29) is 6.61 Å². The van der Waals surface area contributed by atoms with Gasteiger partial charge in [-0.05, 0) is 22.6 Å². The third kappa shape index (κ3) is 5.02. The van der Waals surface area contributed by atoms with Gasteiger partial charge in [0.05, 0.1) is 6.61 Å². The highest BCUT2D eigenvalue weighted by Gasteiger charge is 1.81. The molecule has 0 rings (SSSR count). The summed E-state index contributed by atoms with van der Waals surface area (Å²) in [5.74, 6) is 0. The van der Waals surface area contributed by atoms with E-state index in [0.29, 0.717) is 0 Å². The van der Waals surface area contributed by atoms with E-state index in [0.717, 1.165) is 8.01 Å². The maximum absolute atomic E-state index is 8.39. The van der Waals surface area contributed by atoms with Crippen LogP contribution < -0.4 is 0 Å². The molecule has 0 radical (unpaired) electrons. The van der Waals surface area contributed by atoms with Gasteiger partial charge in [-0.25, -0.2) is 0 Å². The molecule has 0 bridgehead atoms. The van der Waals surface area contributed by atoms with Crippen LogP contribution in [0.5, 0.6) is 0 Å². The van der Waals surface area contributed by atoms with Gasteiger partial charge in [0, 0.05) is 8.01 Å². The molecular weight excluding hydrogens is 318 g/mol. The topological polar surface area (TPSA) is 20.2 Å². The molecule has 0 fully saturated rings. The number of alkyl halides is 1. The normalized spacial score (nSPS) is 12.1. The number of rotatable bonds is 2. The standard InChI is InChI=1S/C4H6I2O/c5-2-1-4(6)3-7/h1,7H,2-3H2. The molecule has 1 N–H and O–H groups in total. The lowest BCUT2D eigenvalue weighted by Crippen LogP contribution is -1.78. The highest BCUT2D eigenvalue weighted by Crippen LogP contribution is 2.03. The van der Waals surface area contributed by atoms with Crippen LogP contribution in [0.2, 0.25) is 0 Å². The molecular formula is C4H6I2O. The molecule has 0 saturated carbocycles. The Morgan fingerprint density at radius 3 is 2.43 bits per heavy atom. The first-order valence-corrected chi connectivity index (χ1v) is 4.43. The van der Waals surface area contributed by atoms with Crippen molar-refractivity contribution in [2.75, 3.05) is 11.0 Å². The largest absolute Gasteiger partial charge is 0.391 e. The fourth-order valence-electron chi connectivity index (χ4n) is 0.148. The monoisotopic (exact) mass is 324 g/mol. The molecule has 0 aromatic rings. The van der Waals surface area contributed by atoms with Crippen molar-refractivity contribution >= 4 is 45.2 Å². The Bertz CT molecular complexity index is 70.1. The summed E-state index contributed by atoms with van der Waals surface area (Å²) >= 11 is 4.35. The lowest BCUT2D eigenvalue weighted by atomic mass is 10.6. The van der Waals surface area contributed by atoms with E-state index in [1.54, 1.807) is 0 Å². The molecule has 0 aliphatic carbocycles. The van der Waals surface area contributed by atoms with Gasteiger partial charge in [0.1, 0.15) is 0 Å². The van der Waals surface area contributed by atoms with Gasteiger partial charge in [0.2, 0.25) is 0 Å². The Kier molecular flexibility index (Phi) is 6.18. The molecule has 0 saturated heterocycles.